The van der Waals surface area contributed by atoms with Crippen molar-refractivity contribution in [1.82, 2.24) is 0 Å². The van der Waals surface area contributed by atoms with Crippen LogP contribution in [0.3, 0.4) is 0 Å². The maximum Gasteiger partial charge on any atom is 0.0715 e. The molecule has 3 N–H and O–H groups in total. The third kappa shape index (κ3) is 2.02. The van der Waals surface area contributed by atoms with Crippen molar-refractivity contribution in [3.8, 4) is 0 Å². The second-order valence-corrected chi connectivity index (χ2v) is 6.28. The van der Waals surface area contributed by atoms with Crippen LogP contribution in [0.25, 0.3) is 0 Å². The molecule has 2 aliphatic carbocycles. The summed E-state index contributed by atoms with van der Waals surface area (Å²) in [5.41, 5.74) is 5.64. The zero-order valence-corrected chi connectivity index (χ0v) is 10.7. The van der Waals surface area contributed by atoms with E-state index in [0.29, 0.717) is 6.54 Å². The molecule has 2 rings (SSSR count). The molecule has 0 amide bonds. The lowest BCUT2D eigenvalue weighted by Crippen LogP contribution is -2.55. The first-order valence-corrected chi connectivity index (χ1v) is 7.04. The summed E-state index contributed by atoms with van der Waals surface area (Å²) < 4.78 is 0. The molecule has 0 saturated heterocycles. The molecule has 94 valence electrons. The average molecular weight is 225 g/mol. The van der Waals surface area contributed by atoms with Gasteiger partial charge in [-0.25, -0.2) is 0 Å². The Morgan fingerprint density at radius 3 is 2.38 bits per heavy atom. The third-order valence-electron chi connectivity index (χ3n) is 5.15. The second-order valence-electron chi connectivity index (χ2n) is 6.28. The van der Waals surface area contributed by atoms with E-state index in [1.54, 1.807) is 0 Å². The van der Waals surface area contributed by atoms with Gasteiger partial charge in [-0.1, -0.05) is 39.0 Å². The quantitative estimate of drug-likeness (QED) is 0.759. The molecule has 2 atom stereocenters. The van der Waals surface area contributed by atoms with Gasteiger partial charge in [0.15, 0.2) is 0 Å². The van der Waals surface area contributed by atoms with Crippen molar-refractivity contribution in [3.63, 3.8) is 0 Å². The van der Waals surface area contributed by atoms with Crippen LogP contribution in [-0.2, 0) is 0 Å². The molecule has 0 spiro atoms. The molecule has 0 aromatic carbocycles. The molecule has 2 nitrogen and oxygen atoms in total. The van der Waals surface area contributed by atoms with Gasteiger partial charge in [-0.05, 0) is 31.6 Å². The van der Waals surface area contributed by atoms with Crippen LogP contribution in [0.15, 0.2) is 0 Å². The Balaban J connectivity index is 2.18. The summed E-state index contributed by atoms with van der Waals surface area (Å²) >= 11 is 0. The maximum absolute atomic E-state index is 11.0. The SMILES string of the molecule is CC1CCCC(CN)(C2(O)CCCCC2)C1. The topological polar surface area (TPSA) is 46.2 Å². The van der Waals surface area contributed by atoms with Crippen LogP contribution in [0.1, 0.15) is 64.7 Å². The van der Waals surface area contributed by atoms with E-state index in [1.165, 1.54) is 32.1 Å². The van der Waals surface area contributed by atoms with Gasteiger partial charge in [-0.15, -0.1) is 0 Å². The van der Waals surface area contributed by atoms with E-state index >= 15 is 0 Å². The van der Waals surface area contributed by atoms with Gasteiger partial charge in [-0.3, -0.25) is 0 Å². The smallest absolute Gasteiger partial charge is 0.0715 e. The van der Waals surface area contributed by atoms with Crippen LogP contribution in [0.4, 0.5) is 0 Å². The van der Waals surface area contributed by atoms with Gasteiger partial charge in [0.1, 0.15) is 0 Å². The molecule has 0 bridgehead atoms. The fraction of sp³-hybridized carbons (Fsp3) is 1.00. The molecule has 0 aromatic heterocycles. The van der Waals surface area contributed by atoms with Gasteiger partial charge in [0.05, 0.1) is 5.60 Å². The fourth-order valence-electron chi connectivity index (χ4n) is 4.13. The first-order valence-electron chi connectivity index (χ1n) is 7.04. The third-order valence-corrected chi connectivity index (χ3v) is 5.15. The summed E-state index contributed by atoms with van der Waals surface area (Å²) in [7, 11) is 0. The number of hydrogen-bond acceptors (Lipinski definition) is 2. The van der Waals surface area contributed by atoms with E-state index in [2.05, 4.69) is 6.92 Å². The summed E-state index contributed by atoms with van der Waals surface area (Å²) in [5.74, 6) is 0.739. The lowest BCUT2D eigenvalue weighted by Gasteiger charge is -2.52. The molecule has 0 aromatic rings. The Morgan fingerprint density at radius 2 is 1.81 bits per heavy atom. The van der Waals surface area contributed by atoms with Crippen molar-refractivity contribution in [2.24, 2.45) is 17.1 Å². The van der Waals surface area contributed by atoms with Gasteiger partial charge in [-0.2, -0.15) is 0 Å². The monoisotopic (exact) mass is 225 g/mol. The van der Waals surface area contributed by atoms with Crippen LogP contribution in [0.5, 0.6) is 0 Å². The number of rotatable bonds is 2. The summed E-state index contributed by atoms with van der Waals surface area (Å²) in [6, 6.07) is 0. The predicted octanol–water partition coefficient (Wildman–Crippen LogP) is 2.84. The molecule has 0 heterocycles. The Hall–Kier alpha value is -0.0800. The zero-order valence-electron chi connectivity index (χ0n) is 10.7. The van der Waals surface area contributed by atoms with Gasteiger partial charge >= 0.3 is 0 Å². The van der Waals surface area contributed by atoms with Gasteiger partial charge in [0.2, 0.25) is 0 Å². The van der Waals surface area contributed by atoms with Crippen LogP contribution in [0.2, 0.25) is 0 Å². The predicted molar refractivity (Wildman–Crippen MR) is 67.2 cm³/mol. The summed E-state index contributed by atoms with van der Waals surface area (Å²) in [6.07, 6.45) is 10.5. The number of aliphatic hydroxyl groups is 1. The molecular weight excluding hydrogens is 198 g/mol. The van der Waals surface area contributed by atoms with E-state index < -0.39 is 5.60 Å². The van der Waals surface area contributed by atoms with E-state index in [-0.39, 0.29) is 5.41 Å². The molecule has 2 unspecified atom stereocenters. The molecule has 16 heavy (non-hydrogen) atoms. The molecule has 0 radical (unpaired) electrons. The highest BCUT2D eigenvalue weighted by molar-refractivity contribution is 5.03. The molecule has 2 heteroatoms. The number of hydrogen-bond donors (Lipinski definition) is 2. The molecule has 2 aliphatic rings. The second kappa shape index (κ2) is 4.66. The minimum Gasteiger partial charge on any atom is -0.389 e. The van der Waals surface area contributed by atoms with E-state index in [1.807, 2.05) is 0 Å². The van der Waals surface area contributed by atoms with Crippen LogP contribution >= 0.6 is 0 Å². The molecular formula is C14H27NO. The van der Waals surface area contributed by atoms with Gasteiger partial charge in [0, 0.05) is 12.0 Å². The van der Waals surface area contributed by atoms with Crippen molar-refractivity contribution in [1.29, 1.82) is 0 Å². The van der Waals surface area contributed by atoms with Gasteiger partial charge < -0.3 is 10.8 Å². The largest absolute Gasteiger partial charge is 0.389 e. The standard InChI is InChI=1S/C14H27NO/c1-12-6-5-7-13(10-12,11-15)14(16)8-3-2-4-9-14/h12,16H,2-11,15H2,1H3. The summed E-state index contributed by atoms with van der Waals surface area (Å²) in [6.45, 7) is 2.99. The Morgan fingerprint density at radius 1 is 1.12 bits per heavy atom. The first-order chi connectivity index (χ1) is 7.62. The lowest BCUT2D eigenvalue weighted by molar-refractivity contribution is -0.128. The van der Waals surface area contributed by atoms with Gasteiger partial charge in [0.25, 0.3) is 0 Å². The van der Waals surface area contributed by atoms with E-state index in [0.717, 1.165) is 31.6 Å². The maximum atomic E-state index is 11.0. The summed E-state index contributed by atoms with van der Waals surface area (Å²) in [4.78, 5) is 0. The highest BCUT2D eigenvalue weighted by Crippen LogP contribution is 2.51. The number of nitrogens with two attached hydrogens (primary N) is 1. The molecule has 2 fully saturated rings. The lowest BCUT2D eigenvalue weighted by atomic mass is 9.57. The van der Waals surface area contributed by atoms with Crippen molar-refractivity contribution < 1.29 is 5.11 Å². The first kappa shape index (κ1) is 12.4. The Labute approximate surface area is 99.6 Å². The minimum absolute atomic E-state index is 0.0328. The highest BCUT2D eigenvalue weighted by atomic mass is 16.3. The van der Waals surface area contributed by atoms with Crippen molar-refractivity contribution in [3.05, 3.63) is 0 Å². The zero-order chi connectivity index (χ0) is 11.6. The van der Waals surface area contributed by atoms with Crippen LogP contribution < -0.4 is 5.73 Å². The normalized spacial score (nSPS) is 39.6. The molecule has 2 saturated carbocycles. The van der Waals surface area contributed by atoms with Crippen LogP contribution in [0, 0.1) is 11.3 Å². The van der Waals surface area contributed by atoms with Crippen LogP contribution in [-0.4, -0.2) is 17.3 Å². The molecule has 0 aliphatic heterocycles. The Kier molecular flexibility index (Phi) is 3.60. The van der Waals surface area contributed by atoms with Crippen molar-refractivity contribution in [2.45, 2.75) is 70.3 Å². The minimum atomic E-state index is -0.450. The van der Waals surface area contributed by atoms with Crippen molar-refractivity contribution >= 4 is 0 Å². The average Bonchev–Trinajstić information content (AvgIpc) is 2.29. The Bertz CT molecular complexity index is 235. The van der Waals surface area contributed by atoms with E-state index in [9.17, 15) is 5.11 Å². The van der Waals surface area contributed by atoms with Crippen molar-refractivity contribution in [2.75, 3.05) is 6.54 Å². The fourth-order valence-corrected chi connectivity index (χ4v) is 4.13. The highest BCUT2D eigenvalue weighted by Gasteiger charge is 2.50. The summed E-state index contributed by atoms with van der Waals surface area (Å²) in [5, 5.41) is 11.0. The van der Waals surface area contributed by atoms with E-state index in [4.69, 9.17) is 5.73 Å².